The van der Waals surface area contributed by atoms with Crippen molar-refractivity contribution in [3.8, 4) is 0 Å². The summed E-state index contributed by atoms with van der Waals surface area (Å²) in [4.78, 5) is 11.4. The summed E-state index contributed by atoms with van der Waals surface area (Å²) in [5, 5.41) is 9.31. The molecule has 0 saturated carbocycles. The number of hydrogen-bond donors (Lipinski definition) is 1. The lowest BCUT2D eigenvalue weighted by Crippen LogP contribution is -2.41. The Bertz CT molecular complexity index is 544. The quantitative estimate of drug-likeness (QED) is 0.855. The molecule has 0 aromatic heterocycles. The van der Waals surface area contributed by atoms with E-state index in [-0.39, 0.29) is 12.5 Å². The van der Waals surface area contributed by atoms with Gasteiger partial charge in [0.15, 0.2) is 0 Å². The van der Waals surface area contributed by atoms with E-state index in [1.807, 2.05) is 23.4 Å². The standard InChI is InChI=1S/C16H22ClNO3S/c1-12-6-4-9-14(17)16(12)22(21)18-11-3-2-7-13(18)8-5-10-15(19)20/h4,6,9,13H,2-3,5,7-8,10-11H2,1H3,(H,19,20). The molecule has 0 spiro atoms. The predicted molar refractivity (Wildman–Crippen MR) is 88.4 cm³/mol. The SMILES string of the molecule is Cc1cccc(Cl)c1S(=O)N1CCCCC1CCCC(=O)O. The fourth-order valence-corrected chi connectivity index (χ4v) is 4.93. The van der Waals surface area contributed by atoms with Crippen LogP contribution in [0.5, 0.6) is 0 Å². The van der Waals surface area contributed by atoms with Crippen molar-refractivity contribution < 1.29 is 14.1 Å². The van der Waals surface area contributed by atoms with Crippen molar-refractivity contribution in [2.45, 2.75) is 56.4 Å². The molecule has 0 aliphatic carbocycles. The molecule has 0 radical (unpaired) electrons. The minimum atomic E-state index is -1.28. The average Bonchev–Trinajstić information content (AvgIpc) is 2.47. The molecule has 1 aromatic carbocycles. The second-order valence-electron chi connectivity index (χ2n) is 5.71. The van der Waals surface area contributed by atoms with Gasteiger partial charge in [-0.25, -0.2) is 8.51 Å². The number of hydrogen-bond acceptors (Lipinski definition) is 2. The van der Waals surface area contributed by atoms with Crippen LogP contribution in [0, 0.1) is 6.92 Å². The molecule has 1 fully saturated rings. The van der Waals surface area contributed by atoms with Crippen molar-refractivity contribution >= 4 is 28.6 Å². The first-order valence-corrected chi connectivity index (χ1v) is 9.14. The molecule has 4 nitrogen and oxygen atoms in total. The van der Waals surface area contributed by atoms with E-state index < -0.39 is 17.0 Å². The van der Waals surface area contributed by atoms with E-state index >= 15 is 0 Å². The predicted octanol–water partition coefficient (Wildman–Crippen LogP) is 3.78. The molecule has 1 N–H and O–H groups in total. The summed E-state index contributed by atoms with van der Waals surface area (Å²) in [5.41, 5.74) is 0.931. The Morgan fingerprint density at radius 3 is 2.91 bits per heavy atom. The number of benzene rings is 1. The van der Waals surface area contributed by atoms with Crippen LogP contribution in [-0.2, 0) is 15.8 Å². The van der Waals surface area contributed by atoms with Gasteiger partial charge < -0.3 is 5.11 Å². The number of aliphatic carboxylic acids is 1. The van der Waals surface area contributed by atoms with Crippen molar-refractivity contribution in [1.29, 1.82) is 0 Å². The molecular formula is C16H22ClNO3S. The highest BCUT2D eigenvalue weighted by atomic mass is 35.5. The van der Waals surface area contributed by atoms with Crippen molar-refractivity contribution in [2.24, 2.45) is 0 Å². The van der Waals surface area contributed by atoms with Gasteiger partial charge in [-0.1, -0.05) is 30.2 Å². The van der Waals surface area contributed by atoms with E-state index in [1.165, 1.54) is 0 Å². The lowest BCUT2D eigenvalue weighted by molar-refractivity contribution is -0.137. The van der Waals surface area contributed by atoms with Gasteiger partial charge in [0.25, 0.3) is 0 Å². The number of rotatable bonds is 6. The summed E-state index contributed by atoms with van der Waals surface area (Å²) in [7, 11) is -1.28. The molecule has 2 rings (SSSR count). The highest BCUT2D eigenvalue weighted by Crippen LogP contribution is 2.30. The third-order valence-corrected chi connectivity index (χ3v) is 6.28. The average molecular weight is 344 g/mol. The number of carboxylic acid groups (broad SMARTS) is 1. The molecule has 1 aliphatic rings. The van der Waals surface area contributed by atoms with Crippen LogP contribution in [0.4, 0.5) is 0 Å². The zero-order valence-corrected chi connectivity index (χ0v) is 14.3. The zero-order chi connectivity index (χ0) is 16.1. The van der Waals surface area contributed by atoms with Crippen molar-refractivity contribution in [3.63, 3.8) is 0 Å². The van der Waals surface area contributed by atoms with E-state index in [0.717, 1.165) is 37.8 Å². The van der Waals surface area contributed by atoms with Crippen molar-refractivity contribution in [1.82, 2.24) is 4.31 Å². The number of nitrogens with zero attached hydrogens (tertiary/aromatic N) is 1. The molecule has 1 heterocycles. The van der Waals surface area contributed by atoms with Gasteiger partial charge in [-0.05, 0) is 44.2 Å². The van der Waals surface area contributed by atoms with Crippen LogP contribution >= 0.6 is 11.6 Å². The molecular weight excluding hydrogens is 322 g/mol. The van der Waals surface area contributed by atoms with Gasteiger partial charge in [0, 0.05) is 19.0 Å². The zero-order valence-electron chi connectivity index (χ0n) is 12.8. The molecule has 22 heavy (non-hydrogen) atoms. The van der Waals surface area contributed by atoms with Gasteiger partial charge in [0.05, 0.1) is 9.92 Å². The maximum Gasteiger partial charge on any atom is 0.303 e. The maximum absolute atomic E-state index is 13.0. The summed E-state index contributed by atoms with van der Waals surface area (Å²) < 4.78 is 15.0. The lowest BCUT2D eigenvalue weighted by Gasteiger charge is -2.34. The molecule has 1 saturated heterocycles. The third-order valence-electron chi connectivity index (χ3n) is 4.05. The highest BCUT2D eigenvalue weighted by Gasteiger charge is 2.29. The molecule has 2 unspecified atom stereocenters. The van der Waals surface area contributed by atoms with Crippen LogP contribution in [0.15, 0.2) is 23.1 Å². The van der Waals surface area contributed by atoms with Crippen molar-refractivity contribution in [3.05, 3.63) is 28.8 Å². The van der Waals surface area contributed by atoms with Crippen LogP contribution in [0.2, 0.25) is 5.02 Å². The van der Waals surface area contributed by atoms with E-state index in [9.17, 15) is 9.00 Å². The molecule has 2 atom stereocenters. The van der Waals surface area contributed by atoms with Crippen LogP contribution in [0.1, 0.15) is 44.1 Å². The van der Waals surface area contributed by atoms with Crippen LogP contribution in [-0.4, -0.2) is 32.2 Å². The minimum Gasteiger partial charge on any atom is -0.481 e. The first-order chi connectivity index (χ1) is 10.5. The van der Waals surface area contributed by atoms with Crippen LogP contribution in [0.25, 0.3) is 0 Å². The number of aryl methyl sites for hydroxylation is 1. The van der Waals surface area contributed by atoms with Crippen LogP contribution < -0.4 is 0 Å². The number of halogens is 1. The van der Waals surface area contributed by atoms with E-state index in [2.05, 4.69) is 0 Å². The Balaban J connectivity index is 2.13. The molecule has 1 aliphatic heterocycles. The number of piperidine rings is 1. The fourth-order valence-electron chi connectivity index (χ4n) is 2.92. The summed E-state index contributed by atoms with van der Waals surface area (Å²) >= 11 is 6.24. The molecule has 122 valence electrons. The van der Waals surface area contributed by atoms with E-state index in [0.29, 0.717) is 16.3 Å². The first-order valence-electron chi connectivity index (χ1n) is 7.66. The number of carboxylic acids is 1. The summed E-state index contributed by atoms with van der Waals surface area (Å²) in [6.45, 7) is 2.69. The minimum absolute atomic E-state index is 0.169. The molecule has 6 heteroatoms. The first kappa shape index (κ1) is 17.4. The molecule has 1 aromatic rings. The monoisotopic (exact) mass is 343 g/mol. The van der Waals surface area contributed by atoms with E-state index in [4.69, 9.17) is 16.7 Å². The van der Waals surface area contributed by atoms with Gasteiger partial charge >= 0.3 is 5.97 Å². The van der Waals surface area contributed by atoms with Gasteiger partial charge in [0.1, 0.15) is 11.0 Å². The Labute approximate surface area is 139 Å². The largest absolute Gasteiger partial charge is 0.481 e. The third kappa shape index (κ3) is 4.31. The van der Waals surface area contributed by atoms with Gasteiger partial charge in [-0.2, -0.15) is 0 Å². The fraction of sp³-hybridized carbons (Fsp3) is 0.562. The normalized spacial score (nSPS) is 20.7. The Kier molecular flexibility index (Phi) is 6.41. The highest BCUT2D eigenvalue weighted by molar-refractivity contribution is 7.82. The Morgan fingerprint density at radius 2 is 2.23 bits per heavy atom. The second kappa shape index (κ2) is 8.09. The number of carbonyl (C=O) groups is 1. The van der Waals surface area contributed by atoms with E-state index in [1.54, 1.807) is 6.07 Å². The second-order valence-corrected chi connectivity index (χ2v) is 7.49. The lowest BCUT2D eigenvalue weighted by atomic mass is 10.00. The van der Waals surface area contributed by atoms with Gasteiger partial charge in [-0.15, -0.1) is 0 Å². The topological polar surface area (TPSA) is 57.6 Å². The van der Waals surface area contributed by atoms with Crippen molar-refractivity contribution in [2.75, 3.05) is 6.54 Å². The molecule has 0 amide bonds. The van der Waals surface area contributed by atoms with Gasteiger partial charge in [0.2, 0.25) is 0 Å². The van der Waals surface area contributed by atoms with Crippen LogP contribution in [0.3, 0.4) is 0 Å². The summed E-state index contributed by atoms with van der Waals surface area (Å²) in [6, 6.07) is 5.72. The molecule has 0 bridgehead atoms. The summed E-state index contributed by atoms with van der Waals surface area (Å²) in [5.74, 6) is -0.773. The Hall–Kier alpha value is -0.910. The smallest absolute Gasteiger partial charge is 0.303 e. The summed E-state index contributed by atoms with van der Waals surface area (Å²) in [6.07, 6.45) is 4.64. The maximum atomic E-state index is 13.0. The van der Waals surface area contributed by atoms with Gasteiger partial charge in [-0.3, -0.25) is 4.79 Å². The Morgan fingerprint density at radius 1 is 1.45 bits per heavy atom.